The molecule has 3 aliphatic rings. The average Bonchev–Trinajstić information content (AvgIpc) is 2.91. The van der Waals surface area contributed by atoms with Gasteiger partial charge in [0.25, 0.3) is 0 Å². The van der Waals surface area contributed by atoms with Gasteiger partial charge in [0.2, 0.25) is 5.91 Å². The maximum atomic E-state index is 12.8. The van der Waals surface area contributed by atoms with Crippen molar-refractivity contribution >= 4 is 5.91 Å². The van der Waals surface area contributed by atoms with Crippen LogP contribution < -0.4 is 0 Å². The number of rotatable bonds is 4. The molecule has 1 aliphatic carbocycles. The maximum Gasteiger partial charge on any atom is 0.227 e. The molecule has 0 aromatic carbocycles. The highest BCUT2D eigenvalue weighted by atomic mass is 16.5. The lowest BCUT2D eigenvalue weighted by atomic mass is 9.48. The third kappa shape index (κ3) is 3.20. The highest BCUT2D eigenvalue weighted by Crippen LogP contribution is 2.63. The molecular formula is C20H29N3O2. The van der Waals surface area contributed by atoms with Crippen LogP contribution in [0.2, 0.25) is 0 Å². The lowest BCUT2D eigenvalue weighted by Gasteiger charge is -2.58. The number of hydrogen-bond donors (Lipinski definition) is 0. The Kier molecular flexibility index (Phi) is 4.32. The van der Waals surface area contributed by atoms with Gasteiger partial charge in [0, 0.05) is 50.5 Å². The maximum absolute atomic E-state index is 12.8. The van der Waals surface area contributed by atoms with Crippen LogP contribution in [0.4, 0.5) is 0 Å². The lowest BCUT2D eigenvalue weighted by molar-refractivity contribution is -0.130. The van der Waals surface area contributed by atoms with E-state index in [4.69, 9.17) is 4.74 Å². The van der Waals surface area contributed by atoms with E-state index in [1.807, 2.05) is 12.1 Å². The molecule has 5 heteroatoms. The topological polar surface area (TPSA) is 45.7 Å². The number of fused-ring (bicyclic) bond motifs is 1. The van der Waals surface area contributed by atoms with Crippen molar-refractivity contribution in [3.8, 4) is 0 Å². The Labute approximate surface area is 150 Å². The first-order chi connectivity index (χ1) is 12.0. The molecule has 1 amide bonds. The average molecular weight is 343 g/mol. The van der Waals surface area contributed by atoms with E-state index in [9.17, 15) is 4.79 Å². The number of nitrogens with zero attached hydrogens (tertiary/aromatic N) is 3. The monoisotopic (exact) mass is 343 g/mol. The number of morpholine rings is 1. The molecule has 3 fully saturated rings. The Morgan fingerprint density at radius 3 is 2.84 bits per heavy atom. The highest BCUT2D eigenvalue weighted by molar-refractivity contribution is 5.79. The van der Waals surface area contributed by atoms with E-state index in [2.05, 4.69) is 28.6 Å². The minimum atomic E-state index is 0.250. The summed E-state index contributed by atoms with van der Waals surface area (Å²) in [5.41, 5.74) is 1.63. The molecule has 5 nitrogen and oxygen atoms in total. The molecule has 0 radical (unpaired) electrons. The summed E-state index contributed by atoms with van der Waals surface area (Å²) in [6.45, 7) is 11.4. The zero-order chi connectivity index (χ0) is 17.5. The second-order valence-corrected chi connectivity index (χ2v) is 8.78. The molecule has 0 N–H and O–H groups in total. The van der Waals surface area contributed by atoms with E-state index in [1.54, 1.807) is 12.4 Å². The Hall–Kier alpha value is -1.46. The second-order valence-electron chi connectivity index (χ2n) is 8.78. The van der Waals surface area contributed by atoms with E-state index in [0.29, 0.717) is 17.8 Å². The molecule has 0 unspecified atom stereocenters. The fraction of sp³-hybridized carbons (Fsp3) is 0.700. The molecule has 0 bridgehead atoms. The van der Waals surface area contributed by atoms with Crippen molar-refractivity contribution in [1.82, 2.24) is 14.8 Å². The number of carbonyl (C=O) groups is 1. The van der Waals surface area contributed by atoms with Crippen molar-refractivity contribution in [2.75, 3.05) is 45.9 Å². The molecule has 1 aromatic rings. The van der Waals surface area contributed by atoms with E-state index in [1.165, 1.54) is 6.42 Å². The van der Waals surface area contributed by atoms with Gasteiger partial charge >= 0.3 is 0 Å². The van der Waals surface area contributed by atoms with Crippen molar-refractivity contribution in [1.29, 1.82) is 0 Å². The fourth-order valence-corrected chi connectivity index (χ4v) is 5.52. The molecule has 2 aliphatic heterocycles. The van der Waals surface area contributed by atoms with Crippen LogP contribution >= 0.6 is 0 Å². The van der Waals surface area contributed by atoms with Gasteiger partial charge in [-0.15, -0.1) is 0 Å². The van der Waals surface area contributed by atoms with Crippen molar-refractivity contribution < 1.29 is 9.53 Å². The number of aromatic nitrogens is 1. The van der Waals surface area contributed by atoms with Crippen molar-refractivity contribution in [2.45, 2.75) is 26.7 Å². The Balaban J connectivity index is 1.45. The van der Waals surface area contributed by atoms with E-state index < -0.39 is 0 Å². The zero-order valence-corrected chi connectivity index (χ0v) is 15.4. The van der Waals surface area contributed by atoms with E-state index in [0.717, 1.165) is 51.5 Å². The normalized spacial score (nSPS) is 31.4. The molecule has 0 spiro atoms. The SMILES string of the molecule is CC1(C)C[C@]2(CN3CCOCC3)CN(C(=O)Cc3cccnc3)C[C@H]12. The third-order valence-corrected chi connectivity index (χ3v) is 6.47. The molecule has 1 saturated carbocycles. The van der Waals surface area contributed by atoms with Gasteiger partial charge in [-0.05, 0) is 29.4 Å². The predicted molar refractivity (Wildman–Crippen MR) is 96.1 cm³/mol. The predicted octanol–water partition coefficient (Wildman–Crippen LogP) is 1.83. The molecule has 1 aromatic heterocycles. The zero-order valence-electron chi connectivity index (χ0n) is 15.4. The van der Waals surface area contributed by atoms with Gasteiger partial charge in [0.1, 0.15) is 0 Å². The van der Waals surface area contributed by atoms with E-state index >= 15 is 0 Å². The Morgan fingerprint density at radius 1 is 1.36 bits per heavy atom. The minimum Gasteiger partial charge on any atom is -0.379 e. The van der Waals surface area contributed by atoms with Crippen LogP contribution in [0.5, 0.6) is 0 Å². The summed E-state index contributed by atoms with van der Waals surface area (Å²) in [6.07, 6.45) is 5.24. The van der Waals surface area contributed by atoms with Crippen LogP contribution in [0.25, 0.3) is 0 Å². The smallest absolute Gasteiger partial charge is 0.227 e. The van der Waals surface area contributed by atoms with Crippen LogP contribution in [0.15, 0.2) is 24.5 Å². The largest absolute Gasteiger partial charge is 0.379 e. The van der Waals surface area contributed by atoms with Gasteiger partial charge in [-0.1, -0.05) is 19.9 Å². The number of ether oxygens (including phenoxy) is 1. The van der Waals surface area contributed by atoms with Crippen LogP contribution in [0, 0.1) is 16.7 Å². The quantitative estimate of drug-likeness (QED) is 0.837. The first kappa shape index (κ1) is 17.0. The number of amides is 1. The van der Waals surface area contributed by atoms with Crippen LogP contribution in [0.1, 0.15) is 25.8 Å². The summed E-state index contributed by atoms with van der Waals surface area (Å²) in [5, 5.41) is 0. The summed E-state index contributed by atoms with van der Waals surface area (Å²) in [4.78, 5) is 21.6. The van der Waals surface area contributed by atoms with E-state index in [-0.39, 0.29) is 11.3 Å². The highest BCUT2D eigenvalue weighted by Gasteiger charge is 2.63. The van der Waals surface area contributed by atoms with Crippen molar-refractivity contribution in [2.24, 2.45) is 16.7 Å². The molecule has 2 saturated heterocycles. The summed E-state index contributed by atoms with van der Waals surface area (Å²) >= 11 is 0. The van der Waals surface area contributed by atoms with Crippen LogP contribution in [0.3, 0.4) is 0 Å². The first-order valence-corrected chi connectivity index (χ1v) is 9.45. The van der Waals surface area contributed by atoms with Crippen LogP contribution in [-0.2, 0) is 16.0 Å². The van der Waals surface area contributed by atoms with Gasteiger partial charge < -0.3 is 9.64 Å². The van der Waals surface area contributed by atoms with Gasteiger partial charge in [-0.25, -0.2) is 0 Å². The number of hydrogen-bond acceptors (Lipinski definition) is 4. The van der Waals surface area contributed by atoms with Crippen LogP contribution in [-0.4, -0.2) is 66.6 Å². The standard InChI is InChI=1S/C20H29N3O2/c1-19(2)13-20(14-22-6-8-25-9-7-22)15-23(12-17(19)20)18(24)10-16-4-3-5-21-11-16/h3-5,11,17H,6-10,12-15H2,1-2H3/t17-,20+/m1/s1. The molecular weight excluding hydrogens is 314 g/mol. The van der Waals surface area contributed by atoms with Gasteiger partial charge in [0.15, 0.2) is 0 Å². The summed E-state index contributed by atoms with van der Waals surface area (Å²) < 4.78 is 5.50. The molecule has 3 heterocycles. The molecule has 4 rings (SSSR count). The Morgan fingerprint density at radius 2 is 2.16 bits per heavy atom. The molecule has 2 atom stereocenters. The third-order valence-electron chi connectivity index (χ3n) is 6.47. The van der Waals surface area contributed by atoms with Crippen molar-refractivity contribution in [3.63, 3.8) is 0 Å². The number of likely N-dealkylation sites (tertiary alicyclic amines) is 1. The minimum absolute atomic E-state index is 0.250. The van der Waals surface area contributed by atoms with Gasteiger partial charge in [-0.3, -0.25) is 14.7 Å². The fourth-order valence-electron chi connectivity index (χ4n) is 5.52. The molecule has 25 heavy (non-hydrogen) atoms. The first-order valence-electron chi connectivity index (χ1n) is 9.45. The number of pyridine rings is 1. The lowest BCUT2D eigenvalue weighted by Crippen LogP contribution is -2.59. The van der Waals surface area contributed by atoms with Gasteiger partial charge in [0.05, 0.1) is 19.6 Å². The second kappa shape index (κ2) is 6.36. The summed E-state index contributed by atoms with van der Waals surface area (Å²) in [5.74, 6) is 0.861. The van der Waals surface area contributed by atoms with Crippen molar-refractivity contribution in [3.05, 3.63) is 30.1 Å². The Bertz CT molecular complexity index is 627. The summed E-state index contributed by atoms with van der Waals surface area (Å²) in [6, 6.07) is 3.89. The summed E-state index contributed by atoms with van der Waals surface area (Å²) in [7, 11) is 0. The number of carbonyl (C=O) groups excluding carboxylic acids is 1. The van der Waals surface area contributed by atoms with Gasteiger partial charge in [-0.2, -0.15) is 0 Å². The molecule has 136 valence electrons.